The van der Waals surface area contributed by atoms with E-state index in [1.807, 2.05) is 0 Å². The third-order valence-electron chi connectivity index (χ3n) is 4.81. The maximum absolute atomic E-state index is 12.7. The monoisotopic (exact) mass is 471 g/mol. The van der Waals surface area contributed by atoms with Crippen LogP contribution in [0, 0.1) is 6.92 Å². The minimum Gasteiger partial charge on any atom is -0.497 e. The molecule has 0 aliphatic carbocycles. The lowest BCUT2D eigenvalue weighted by molar-refractivity contribution is -0.124. The summed E-state index contributed by atoms with van der Waals surface area (Å²) in [6, 6.07) is 8.37. The number of rotatable bonds is 9. The summed E-state index contributed by atoms with van der Waals surface area (Å²) in [4.78, 5) is 33.9. The number of hydrogen-bond donors (Lipinski definition) is 1. The fourth-order valence-corrected chi connectivity index (χ4v) is 3.80. The number of carbonyl (C=O) groups excluding carboxylic acids is 2. The van der Waals surface area contributed by atoms with Gasteiger partial charge in [0.2, 0.25) is 0 Å². The summed E-state index contributed by atoms with van der Waals surface area (Å²) >= 11 is 1.28. The molecule has 174 valence electrons. The zero-order chi connectivity index (χ0) is 24.0. The first-order valence-electron chi connectivity index (χ1n) is 10.0. The van der Waals surface area contributed by atoms with Gasteiger partial charge in [-0.05, 0) is 50.4 Å². The Kier molecular flexibility index (Phi) is 7.94. The molecule has 0 spiro atoms. The second kappa shape index (κ2) is 10.9. The highest BCUT2D eigenvalue weighted by atomic mass is 32.2. The Morgan fingerprint density at radius 3 is 2.61 bits per heavy atom. The lowest BCUT2D eigenvalue weighted by Crippen LogP contribution is -2.31. The summed E-state index contributed by atoms with van der Waals surface area (Å²) in [7, 11) is 3.11. The first-order valence-corrected chi connectivity index (χ1v) is 11.2. The summed E-state index contributed by atoms with van der Waals surface area (Å²) in [5.74, 6) is 0.972. The van der Waals surface area contributed by atoms with Crippen LogP contribution in [0.1, 0.15) is 34.6 Å². The van der Waals surface area contributed by atoms with Crippen LogP contribution in [-0.4, -0.2) is 48.9 Å². The van der Waals surface area contributed by atoms with Crippen molar-refractivity contribution in [1.82, 2.24) is 15.3 Å². The highest BCUT2D eigenvalue weighted by Crippen LogP contribution is 2.29. The Balaban J connectivity index is 1.68. The van der Waals surface area contributed by atoms with E-state index < -0.39 is 24.5 Å². The number of amides is 1. The SMILES string of the molecule is COc1ccc(OC)c(C(C)NC(=O)COC(=O)c2c(C)nc(-c3ccco3)nc2SC)c1. The zero-order valence-corrected chi connectivity index (χ0v) is 19.8. The maximum atomic E-state index is 12.7. The lowest BCUT2D eigenvalue weighted by Gasteiger charge is -2.18. The van der Waals surface area contributed by atoms with Crippen LogP contribution in [0.5, 0.6) is 11.5 Å². The van der Waals surface area contributed by atoms with Crippen molar-refractivity contribution in [2.45, 2.75) is 24.9 Å². The van der Waals surface area contributed by atoms with E-state index in [2.05, 4.69) is 15.3 Å². The van der Waals surface area contributed by atoms with Crippen molar-refractivity contribution in [3.8, 4) is 23.1 Å². The van der Waals surface area contributed by atoms with Crippen LogP contribution in [0.25, 0.3) is 11.6 Å². The van der Waals surface area contributed by atoms with E-state index in [1.54, 1.807) is 64.7 Å². The first kappa shape index (κ1) is 24.1. The molecule has 0 fully saturated rings. The van der Waals surface area contributed by atoms with Crippen molar-refractivity contribution < 1.29 is 28.2 Å². The number of methoxy groups -OCH3 is 2. The van der Waals surface area contributed by atoms with E-state index in [-0.39, 0.29) is 5.56 Å². The molecule has 2 heterocycles. The molecule has 33 heavy (non-hydrogen) atoms. The number of benzene rings is 1. The van der Waals surface area contributed by atoms with Crippen molar-refractivity contribution in [2.75, 3.05) is 27.1 Å². The van der Waals surface area contributed by atoms with Gasteiger partial charge < -0.3 is 23.9 Å². The van der Waals surface area contributed by atoms with E-state index in [4.69, 9.17) is 18.6 Å². The van der Waals surface area contributed by atoms with E-state index in [0.717, 1.165) is 5.56 Å². The molecule has 0 saturated carbocycles. The number of nitrogens with zero attached hydrogens (tertiary/aromatic N) is 2. The van der Waals surface area contributed by atoms with E-state index in [0.29, 0.717) is 33.8 Å². The second-order valence-corrected chi connectivity index (χ2v) is 7.76. The zero-order valence-electron chi connectivity index (χ0n) is 19.0. The molecular weight excluding hydrogens is 446 g/mol. The Bertz CT molecular complexity index is 1130. The molecule has 1 aromatic carbocycles. The molecule has 0 radical (unpaired) electrons. The van der Waals surface area contributed by atoms with Crippen LogP contribution < -0.4 is 14.8 Å². The largest absolute Gasteiger partial charge is 0.497 e. The topological polar surface area (TPSA) is 113 Å². The molecule has 1 unspecified atom stereocenters. The predicted molar refractivity (Wildman–Crippen MR) is 123 cm³/mol. The summed E-state index contributed by atoms with van der Waals surface area (Å²) in [6.45, 7) is 3.03. The first-order chi connectivity index (χ1) is 15.9. The van der Waals surface area contributed by atoms with E-state index in [1.165, 1.54) is 18.0 Å². The second-order valence-electron chi connectivity index (χ2n) is 6.97. The Labute approximate surface area is 195 Å². The number of carbonyl (C=O) groups is 2. The number of thioether (sulfide) groups is 1. The number of aromatic nitrogens is 2. The maximum Gasteiger partial charge on any atom is 0.343 e. The number of furan rings is 1. The van der Waals surface area contributed by atoms with Crippen LogP contribution >= 0.6 is 11.8 Å². The van der Waals surface area contributed by atoms with Gasteiger partial charge in [-0.15, -0.1) is 11.8 Å². The molecule has 3 aromatic rings. The number of nitrogens with one attached hydrogen (secondary N) is 1. The van der Waals surface area contributed by atoms with E-state index >= 15 is 0 Å². The fourth-order valence-electron chi connectivity index (χ4n) is 3.19. The smallest absolute Gasteiger partial charge is 0.343 e. The van der Waals surface area contributed by atoms with Crippen molar-refractivity contribution in [1.29, 1.82) is 0 Å². The summed E-state index contributed by atoms with van der Waals surface area (Å²) in [5.41, 5.74) is 1.38. The average Bonchev–Trinajstić information content (AvgIpc) is 3.36. The van der Waals surface area contributed by atoms with Crippen molar-refractivity contribution >= 4 is 23.6 Å². The predicted octanol–water partition coefficient (Wildman–Crippen LogP) is 3.82. The third kappa shape index (κ3) is 5.64. The number of esters is 1. The van der Waals surface area contributed by atoms with Gasteiger partial charge in [-0.3, -0.25) is 4.79 Å². The highest BCUT2D eigenvalue weighted by molar-refractivity contribution is 7.98. The summed E-state index contributed by atoms with van der Waals surface area (Å²) in [6.07, 6.45) is 3.32. The normalized spacial score (nSPS) is 11.5. The van der Waals surface area contributed by atoms with Gasteiger partial charge in [0.05, 0.1) is 32.2 Å². The van der Waals surface area contributed by atoms with Crippen LogP contribution in [0.15, 0.2) is 46.0 Å². The minimum atomic E-state index is -0.676. The van der Waals surface area contributed by atoms with Gasteiger partial charge in [0, 0.05) is 5.56 Å². The Morgan fingerprint density at radius 2 is 1.97 bits per heavy atom. The van der Waals surface area contributed by atoms with Crippen molar-refractivity contribution in [3.63, 3.8) is 0 Å². The summed E-state index contributed by atoms with van der Waals surface area (Å²) < 4.78 is 21.2. The fraction of sp³-hybridized carbons (Fsp3) is 0.304. The number of aryl methyl sites for hydroxylation is 1. The quantitative estimate of drug-likeness (QED) is 0.283. The molecular formula is C23H25N3O6S. The Hall–Kier alpha value is -3.53. The molecule has 0 bridgehead atoms. The molecule has 2 aromatic heterocycles. The van der Waals surface area contributed by atoms with Gasteiger partial charge in [0.1, 0.15) is 22.1 Å². The van der Waals surface area contributed by atoms with Crippen LogP contribution in [0.4, 0.5) is 0 Å². The van der Waals surface area contributed by atoms with Gasteiger partial charge in [0.15, 0.2) is 18.2 Å². The molecule has 1 amide bonds. The van der Waals surface area contributed by atoms with Crippen molar-refractivity contribution in [2.24, 2.45) is 0 Å². The standard InChI is InChI=1S/C23H25N3O6S/c1-13(16-11-15(29-3)8-9-17(16)30-4)24-19(27)12-32-23(28)20-14(2)25-21(26-22(20)33-5)18-7-6-10-31-18/h6-11,13H,12H2,1-5H3,(H,24,27). The van der Waals surface area contributed by atoms with E-state index in [9.17, 15) is 9.59 Å². The van der Waals surface area contributed by atoms with Gasteiger partial charge >= 0.3 is 5.97 Å². The average molecular weight is 472 g/mol. The highest BCUT2D eigenvalue weighted by Gasteiger charge is 2.22. The van der Waals surface area contributed by atoms with Crippen LogP contribution in [0.3, 0.4) is 0 Å². The Morgan fingerprint density at radius 1 is 1.18 bits per heavy atom. The molecule has 0 aliphatic rings. The molecule has 1 N–H and O–H groups in total. The van der Waals surface area contributed by atoms with Crippen LogP contribution in [-0.2, 0) is 9.53 Å². The van der Waals surface area contributed by atoms with Gasteiger partial charge in [0.25, 0.3) is 5.91 Å². The van der Waals surface area contributed by atoms with Crippen molar-refractivity contribution in [3.05, 3.63) is 53.4 Å². The van der Waals surface area contributed by atoms with Gasteiger partial charge in [-0.1, -0.05) is 0 Å². The molecule has 1 atom stereocenters. The van der Waals surface area contributed by atoms with Gasteiger partial charge in [-0.2, -0.15) is 0 Å². The molecule has 3 rings (SSSR count). The van der Waals surface area contributed by atoms with Crippen LogP contribution in [0.2, 0.25) is 0 Å². The molecule has 0 aliphatic heterocycles. The lowest BCUT2D eigenvalue weighted by atomic mass is 10.1. The third-order valence-corrected chi connectivity index (χ3v) is 5.49. The number of hydrogen-bond acceptors (Lipinski definition) is 9. The molecule has 0 saturated heterocycles. The minimum absolute atomic E-state index is 0.216. The van der Waals surface area contributed by atoms with Gasteiger partial charge in [-0.25, -0.2) is 14.8 Å². The summed E-state index contributed by atoms with van der Waals surface area (Å²) in [5, 5.41) is 3.24. The molecule has 10 heteroatoms. The molecule has 9 nitrogen and oxygen atoms in total. The number of ether oxygens (including phenoxy) is 3.